The lowest BCUT2D eigenvalue weighted by Gasteiger charge is -2.32. The topological polar surface area (TPSA) is 64.0 Å². The first-order chi connectivity index (χ1) is 11.5. The summed E-state index contributed by atoms with van der Waals surface area (Å²) in [5.74, 6) is 0.706. The number of nitrogens with zero attached hydrogens (tertiary/aromatic N) is 5. The molecule has 0 N–H and O–H groups in total. The van der Waals surface area contributed by atoms with Gasteiger partial charge in [-0.1, -0.05) is 0 Å². The minimum absolute atomic E-state index is 0.106. The van der Waals surface area contributed by atoms with E-state index in [1.54, 1.807) is 17.3 Å². The molecule has 0 aliphatic carbocycles. The van der Waals surface area contributed by atoms with Gasteiger partial charge >= 0.3 is 6.18 Å². The van der Waals surface area contributed by atoms with Gasteiger partial charge < -0.3 is 9.64 Å². The van der Waals surface area contributed by atoms with Crippen molar-refractivity contribution in [2.24, 2.45) is 5.92 Å². The van der Waals surface area contributed by atoms with Crippen LogP contribution in [-0.4, -0.2) is 39.6 Å². The number of hydrogen-bond acceptors (Lipinski definition) is 6. The molecule has 9 heteroatoms. The molecule has 0 amide bonds. The third kappa shape index (κ3) is 4.09. The molecule has 1 atom stereocenters. The third-order valence-electron chi connectivity index (χ3n) is 3.74. The van der Waals surface area contributed by atoms with Crippen LogP contribution in [0.3, 0.4) is 0 Å². The molecule has 1 fully saturated rings. The summed E-state index contributed by atoms with van der Waals surface area (Å²) in [6.45, 7) is 1.60. The highest BCUT2D eigenvalue weighted by atomic mass is 19.4. The Balaban J connectivity index is 1.63. The highest BCUT2D eigenvalue weighted by Crippen LogP contribution is 2.29. The monoisotopic (exact) mass is 339 g/mol. The molecule has 3 rings (SSSR count). The van der Waals surface area contributed by atoms with E-state index < -0.39 is 11.9 Å². The lowest BCUT2D eigenvalue weighted by atomic mass is 9.99. The molecule has 1 aliphatic rings. The van der Waals surface area contributed by atoms with Gasteiger partial charge in [0, 0.05) is 37.6 Å². The quantitative estimate of drug-likeness (QED) is 0.853. The van der Waals surface area contributed by atoms with Crippen LogP contribution in [0.4, 0.5) is 19.1 Å². The van der Waals surface area contributed by atoms with Gasteiger partial charge in [-0.05, 0) is 18.9 Å². The molecule has 2 aromatic rings. The fourth-order valence-corrected chi connectivity index (χ4v) is 2.60. The summed E-state index contributed by atoms with van der Waals surface area (Å²) < 4.78 is 43.9. The Hall–Kier alpha value is -2.45. The Morgan fingerprint density at radius 1 is 1.21 bits per heavy atom. The molecule has 6 nitrogen and oxygen atoms in total. The molecular weight excluding hydrogens is 323 g/mol. The fraction of sp³-hybridized carbons (Fsp3) is 0.467. The normalized spacial score (nSPS) is 18.5. The molecule has 0 bridgehead atoms. The molecule has 2 aromatic heterocycles. The van der Waals surface area contributed by atoms with Crippen molar-refractivity contribution in [1.82, 2.24) is 19.9 Å². The van der Waals surface area contributed by atoms with Crippen LogP contribution in [0, 0.1) is 5.92 Å². The minimum Gasteiger partial charge on any atom is -0.476 e. The van der Waals surface area contributed by atoms with Gasteiger partial charge in [0.2, 0.25) is 11.8 Å². The molecule has 1 aliphatic heterocycles. The first-order valence-corrected chi connectivity index (χ1v) is 7.56. The fourth-order valence-electron chi connectivity index (χ4n) is 2.60. The van der Waals surface area contributed by atoms with E-state index in [4.69, 9.17) is 4.74 Å². The second kappa shape index (κ2) is 6.98. The molecule has 128 valence electrons. The summed E-state index contributed by atoms with van der Waals surface area (Å²) in [5, 5.41) is 0. The van der Waals surface area contributed by atoms with E-state index in [1.165, 1.54) is 6.20 Å². The van der Waals surface area contributed by atoms with Crippen LogP contribution >= 0.6 is 0 Å². The number of piperidine rings is 1. The Morgan fingerprint density at radius 2 is 2.08 bits per heavy atom. The molecule has 1 saturated heterocycles. The van der Waals surface area contributed by atoms with Gasteiger partial charge in [0.15, 0.2) is 0 Å². The second-order valence-corrected chi connectivity index (χ2v) is 5.55. The zero-order valence-corrected chi connectivity index (χ0v) is 12.8. The summed E-state index contributed by atoms with van der Waals surface area (Å²) in [6, 6.07) is 0.877. The first kappa shape index (κ1) is 16.4. The van der Waals surface area contributed by atoms with Crippen molar-refractivity contribution in [3.8, 4) is 5.88 Å². The highest BCUT2D eigenvalue weighted by Gasteiger charge is 2.33. The number of alkyl halides is 3. The van der Waals surface area contributed by atoms with Crippen LogP contribution < -0.4 is 9.64 Å². The summed E-state index contributed by atoms with van der Waals surface area (Å²) in [6.07, 6.45) is 3.06. The van der Waals surface area contributed by atoms with Crippen molar-refractivity contribution in [2.45, 2.75) is 19.0 Å². The Labute approximate surface area is 136 Å². The Bertz CT molecular complexity index is 668. The number of rotatable bonds is 4. The van der Waals surface area contributed by atoms with E-state index in [1.807, 2.05) is 0 Å². The summed E-state index contributed by atoms with van der Waals surface area (Å²) in [5.41, 5.74) is -0.926. The number of ether oxygens (including phenoxy) is 1. The summed E-state index contributed by atoms with van der Waals surface area (Å²) in [4.78, 5) is 17.3. The second-order valence-electron chi connectivity index (χ2n) is 5.55. The zero-order valence-electron chi connectivity index (χ0n) is 12.8. The van der Waals surface area contributed by atoms with Crippen LogP contribution in [0.25, 0.3) is 0 Å². The van der Waals surface area contributed by atoms with Crippen molar-refractivity contribution in [3.63, 3.8) is 0 Å². The smallest absolute Gasteiger partial charge is 0.433 e. The van der Waals surface area contributed by atoms with Crippen LogP contribution in [0.5, 0.6) is 5.88 Å². The summed E-state index contributed by atoms with van der Waals surface area (Å²) >= 11 is 0. The molecular formula is C15H16F3N5O. The maximum absolute atomic E-state index is 12.8. The molecule has 0 spiro atoms. The number of aromatic nitrogens is 4. The lowest BCUT2D eigenvalue weighted by Crippen LogP contribution is -2.39. The van der Waals surface area contributed by atoms with Crippen molar-refractivity contribution in [2.75, 3.05) is 24.6 Å². The number of hydrogen-bond donors (Lipinski definition) is 0. The average molecular weight is 339 g/mol. The van der Waals surface area contributed by atoms with Crippen molar-refractivity contribution in [1.29, 1.82) is 0 Å². The third-order valence-corrected chi connectivity index (χ3v) is 3.74. The van der Waals surface area contributed by atoms with Gasteiger partial charge in [-0.25, -0.2) is 15.0 Å². The maximum atomic E-state index is 12.8. The summed E-state index contributed by atoms with van der Waals surface area (Å²) in [7, 11) is 0. The van der Waals surface area contributed by atoms with Gasteiger partial charge in [-0.2, -0.15) is 13.2 Å². The molecule has 0 radical (unpaired) electrons. The van der Waals surface area contributed by atoms with Gasteiger partial charge in [-0.15, -0.1) is 0 Å². The number of halogens is 3. The van der Waals surface area contributed by atoms with Gasteiger partial charge in [-0.3, -0.25) is 4.98 Å². The minimum atomic E-state index is -4.47. The van der Waals surface area contributed by atoms with Gasteiger partial charge in [0.05, 0.1) is 12.8 Å². The molecule has 0 aromatic carbocycles. The first-order valence-electron chi connectivity index (χ1n) is 7.56. The van der Waals surface area contributed by atoms with E-state index in [0.29, 0.717) is 25.6 Å². The van der Waals surface area contributed by atoms with Crippen LogP contribution in [-0.2, 0) is 6.18 Å². The van der Waals surface area contributed by atoms with E-state index in [9.17, 15) is 13.2 Å². The SMILES string of the molecule is FC(F)(F)c1ccnc(N2CCCC(COc3cnccn3)C2)n1. The molecule has 1 unspecified atom stereocenters. The number of anilines is 1. The van der Waals surface area contributed by atoms with Crippen molar-refractivity contribution >= 4 is 5.95 Å². The molecule has 0 saturated carbocycles. The Kier molecular flexibility index (Phi) is 4.77. The Morgan fingerprint density at radius 3 is 2.83 bits per heavy atom. The predicted molar refractivity (Wildman–Crippen MR) is 79.5 cm³/mol. The van der Waals surface area contributed by atoms with E-state index in [0.717, 1.165) is 25.1 Å². The van der Waals surface area contributed by atoms with Crippen molar-refractivity contribution in [3.05, 3.63) is 36.5 Å². The molecule has 24 heavy (non-hydrogen) atoms. The predicted octanol–water partition coefficient (Wildman–Crippen LogP) is 2.58. The molecule has 3 heterocycles. The van der Waals surface area contributed by atoms with Crippen LogP contribution in [0.2, 0.25) is 0 Å². The van der Waals surface area contributed by atoms with Gasteiger partial charge in [0.1, 0.15) is 5.69 Å². The standard InChI is InChI=1S/C15H16F3N5O/c16-15(17,18)12-3-4-21-14(22-12)23-7-1-2-11(9-23)10-24-13-8-19-5-6-20-13/h3-6,8,11H,1-2,7,9-10H2. The highest BCUT2D eigenvalue weighted by molar-refractivity contribution is 5.31. The average Bonchev–Trinajstić information content (AvgIpc) is 2.60. The van der Waals surface area contributed by atoms with Crippen LogP contribution in [0.15, 0.2) is 30.9 Å². The zero-order chi connectivity index (χ0) is 17.0. The van der Waals surface area contributed by atoms with E-state index >= 15 is 0 Å². The lowest BCUT2D eigenvalue weighted by molar-refractivity contribution is -0.141. The van der Waals surface area contributed by atoms with Gasteiger partial charge in [0.25, 0.3) is 0 Å². The largest absolute Gasteiger partial charge is 0.476 e. The van der Waals surface area contributed by atoms with Crippen molar-refractivity contribution < 1.29 is 17.9 Å². The van der Waals surface area contributed by atoms with E-state index in [-0.39, 0.29) is 11.9 Å². The van der Waals surface area contributed by atoms with Crippen LogP contribution in [0.1, 0.15) is 18.5 Å². The maximum Gasteiger partial charge on any atom is 0.433 e. The van der Waals surface area contributed by atoms with E-state index in [2.05, 4.69) is 19.9 Å².